The first-order valence-electron chi connectivity index (χ1n) is 9.00. The summed E-state index contributed by atoms with van der Waals surface area (Å²) in [7, 11) is 0. The monoisotopic (exact) mass is 346 g/mol. The minimum Gasteiger partial charge on any atom is -0.307 e. The van der Waals surface area contributed by atoms with Gasteiger partial charge in [0.15, 0.2) is 0 Å². The molecule has 134 valence electrons. The summed E-state index contributed by atoms with van der Waals surface area (Å²) in [6.45, 7) is 1.10. The molecule has 6 heteroatoms. The lowest BCUT2D eigenvalue weighted by atomic mass is 9.98. The van der Waals surface area contributed by atoms with E-state index in [4.69, 9.17) is 0 Å². The lowest BCUT2D eigenvalue weighted by Crippen LogP contribution is -2.36. The molecular weight excluding hydrogens is 322 g/mol. The second-order valence-electron chi connectivity index (χ2n) is 7.20. The summed E-state index contributed by atoms with van der Waals surface area (Å²) in [5.41, 5.74) is 1.35. The summed E-state index contributed by atoms with van der Waals surface area (Å²) in [6.07, 6.45) is 5.13. The second kappa shape index (κ2) is 7.22. The van der Waals surface area contributed by atoms with Gasteiger partial charge in [0.1, 0.15) is 5.82 Å². The summed E-state index contributed by atoms with van der Waals surface area (Å²) in [4.78, 5) is 6.59. The van der Waals surface area contributed by atoms with E-state index in [2.05, 4.69) is 39.5 Å². The summed E-state index contributed by atoms with van der Waals surface area (Å²) >= 11 is 0. The van der Waals surface area contributed by atoms with E-state index in [-0.39, 0.29) is 0 Å². The van der Waals surface area contributed by atoms with Crippen LogP contribution in [0.2, 0.25) is 0 Å². The van der Waals surface area contributed by atoms with Crippen LogP contribution in [0.25, 0.3) is 0 Å². The quantitative estimate of drug-likeness (QED) is 0.871. The molecule has 1 aromatic carbocycles. The van der Waals surface area contributed by atoms with Crippen molar-refractivity contribution in [2.45, 2.75) is 38.5 Å². The number of fused-ring (bicyclic) bond motifs is 1. The summed E-state index contributed by atoms with van der Waals surface area (Å²) in [6, 6.07) is 11.0. The molecule has 2 aliphatic rings. The predicted octanol–water partition coefficient (Wildman–Crippen LogP) is 3.28. The molecule has 25 heavy (non-hydrogen) atoms. The van der Waals surface area contributed by atoms with Crippen LogP contribution in [0.4, 0.5) is 8.78 Å². The number of rotatable bonds is 6. The minimum absolute atomic E-state index is 0.397. The third kappa shape index (κ3) is 3.60. The van der Waals surface area contributed by atoms with Crippen molar-refractivity contribution < 1.29 is 8.78 Å². The van der Waals surface area contributed by atoms with Gasteiger partial charge in [-0.2, -0.15) is 8.78 Å². The molecule has 0 unspecified atom stereocenters. The Morgan fingerprint density at radius 3 is 2.80 bits per heavy atom. The Kier molecular flexibility index (Phi) is 4.81. The predicted molar refractivity (Wildman–Crippen MR) is 92.0 cm³/mol. The Morgan fingerprint density at radius 1 is 1.16 bits per heavy atom. The zero-order valence-corrected chi connectivity index (χ0v) is 14.2. The summed E-state index contributed by atoms with van der Waals surface area (Å²) < 4.78 is 26.8. The second-order valence-corrected chi connectivity index (χ2v) is 7.20. The number of likely N-dealkylation sites (tertiary alicyclic amines) is 1. The van der Waals surface area contributed by atoms with Gasteiger partial charge in [-0.1, -0.05) is 30.3 Å². The van der Waals surface area contributed by atoms with Crippen LogP contribution in [0.15, 0.2) is 42.7 Å². The number of benzene rings is 1. The largest absolute Gasteiger partial charge is 0.319 e. The molecule has 1 saturated heterocycles. The molecule has 0 bridgehead atoms. The van der Waals surface area contributed by atoms with Crippen LogP contribution in [0.5, 0.6) is 0 Å². The van der Waals surface area contributed by atoms with Gasteiger partial charge in [0.25, 0.3) is 0 Å². The first-order valence-corrected chi connectivity index (χ1v) is 9.00. The van der Waals surface area contributed by atoms with E-state index in [1.807, 2.05) is 6.07 Å². The van der Waals surface area contributed by atoms with E-state index in [0.29, 0.717) is 24.3 Å². The first kappa shape index (κ1) is 16.7. The highest BCUT2D eigenvalue weighted by atomic mass is 19.3. The Balaban J connectivity index is 1.33. The molecule has 2 aromatic rings. The number of imidazole rings is 1. The molecule has 1 saturated carbocycles. The molecular formula is C19H24F2N4. The van der Waals surface area contributed by atoms with Gasteiger partial charge in [-0.15, -0.1) is 0 Å². The standard InChI is InChI=1S/C19H24F2N4/c20-19(21)25-9-8-22-18(25)10-23-17-7-6-15-12-24(13-16(15)17)11-14-4-2-1-3-5-14/h1-5,8-9,15-17,19,23H,6-7,10-13H2/t15-,16+,17+/m0/s1. The van der Waals surface area contributed by atoms with E-state index < -0.39 is 6.55 Å². The number of alkyl halides is 2. The highest BCUT2D eigenvalue weighted by molar-refractivity contribution is 5.15. The van der Waals surface area contributed by atoms with Crippen LogP contribution in [0.1, 0.15) is 30.8 Å². The van der Waals surface area contributed by atoms with Crippen molar-refractivity contribution in [1.82, 2.24) is 19.8 Å². The molecule has 1 N–H and O–H groups in total. The number of nitrogens with zero attached hydrogens (tertiary/aromatic N) is 3. The van der Waals surface area contributed by atoms with Crippen LogP contribution >= 0.6 is 0 Å². The molecule has 2 heterocycles. The van der Waals surface area contributed by atoms with E-state index in [1.54, 1.807) is 0 Å². The number of hydrogen-bond donors (Lipinski definition) is 1. The van der Waals surface area contributed by atoms with Crippen LogP contribution in [0.3, 0.4) is 0 Å². The van der Waals surface area contributed by atoms with Gasteiger partial charge in [0.05, 0.1) is 6.54 Å². The Bertz CT molecular complexity index is 688. The fourth-order valence-electron chi connectivity index (χ4n) is 4.46. The van der Waals surface area contributed by atoms with Gasteiger partial charge >= 0.3 is 6.55 Å². The Hall–Kier alpha value is -1.79. The van der Waals surface area contributed by atoms with Crippen LogP contribution in [-0.2, 0) is 13.1 Å². The van der Waals surface area contributed by atoms with Crippen molar-refractivity contribution >= 4 is 0 Å². The van der Waals surface area contributed by atoms with Crippen molar-refractivity contribution in [3.63, 3.8) is 0 Å². The number of nitrogens with one attached hydrogen (secondary N) is 1. The Morgan fingerprint density at radius 2 is 2.00 bits per heavy atom. The fraction of sp³-hybridized carbons (Fsp3) is 0.526. The Labute approximate surface area is 146 Å². The lowest BCUT2D eigenvalue weighted by Gasteiger charge is -2.22. The maximum atomic E-state index is 12.9. The zero-order chi connectivity index (χ0) is 17.2. The SMILES string of the molecule is FC(F)n1ccnc1CN[C@@H]1CC[C@H]2CN(Cc3ccccc3)C[C@H]21. The normalized spacial score (nSPS) is 26.4. The van der Waals surface area contributed by atoms with Crippen molar-refractivity contribution in [3.05, 3.63) is 54.1 Å². The van der Waals surface area contributed by atoms with E-state index in [1.165, 1.54) is 24.4 Å². The number of halogens is 2. The molecule has 0 radical (unpaired) electrons. The molecule has 3 atom stereocenters. The maximum absolute atomic E-state index is 12.9. The summed E-state index contributed by atoms with van der Waals surface area (Å²) in [5, 5.41) is 3.49. The number of aromatic nitrogens is 2. The average molecular weight is 346 g/mol. The van der Waals surface area contributed by atoms with Gasteiger partial charge in [0, 0.05) is 38.1 Å². The molecule has 0 spiro atoms. The van der Waals surface area contributed by atoms with Crippen LogP contribution in [-0.4, -0.2) is 33.6 Å². The van der Waals surface area contributed by atoms with Crippen LogP contribution in [0, 0.1) is 11.8 Å². The van der Waals surface area contributed by atoms with Crippen molar-refractivity contribution in [2.75, 3.05) is 13.1 Å². The third-order valence-corrected chi connectivity index (χ3v) is 5.66. The van der Waals surface area contributed by atoms with E-state index in [0.717, 1.165) is 36.5 Å². The molecule has 4 rings (SSSR count). The van der Waals surface area contributed by atoms with Crippen LogP contribution < -0.4 is 5.32 Å². The first-order chi connectivity index (χ1) is 12.2. The van der Waals surface area contributed by atoms with Gasteiger partial charge in [0.2, 0.25) is 0 Å². The van der Waals surface area contributed by atoms with Gasteiger partial charge < -0.3 is 5.32 Å². The molecule has 1 aliphatic heterocycles. The third-order valence-electron chi connectivity index (χ3n) is 5.66. The molecule has 0 amide bonds. The van der Waals surface area contributed by atoms with Crippen molar-refractivity contribution in [2.24, 2.45) is 11.8 Å². The van der Waals surface area contributed by atoms with Crippen molar-refractivity contribution in [1.29, 1.82) is 0 Å². The molecule has 1 aromatic heterocycles. The number of hydrogen-bond acceptors (Lipinski definition) is 3. The van der Waals surface area contributed by atoms with Gasteiger partial charge in [-0.3, -0.25) is 9.47 Å². The van der Waals surface area contributed by atoms with Gasteiger partial charge in [-0.05, 0) is 30.2 Å². The van der Waals surface area contributed by atoms with Crippen molar-refractivity contribution in [3.8, 4) is 0 Å². The highest BCUT2D eigenvalue weighted by Crippen LogP contribution is 2.38. The van der Waals surface area contributed by atoms with Gasteiger partial charge in [-0.25, -0.2) is 4.98 Å². The molecule has 1 aliphatic carbocycles. The maximum Gasteiger partial charge on any atom is 0.319 e. The average Bonchev–Trinajstić information content (AvgIpc) is 3.29. The topological polar surface area (TPSA) is 33.1 Å². The summed E-state index contributed by atoms with van der Waals surface area (Å²) in [5.74, 6) is 1.74. The van der Waals surface area contributed by atoms with E-state index in [9.17, 15) is 8.78 Å². The fourth-order valence-corrected chi connectivity index (χ4v) is 4.46. The lowest BCUT2D eigenvalue weighted by molar-refractivity contribution is 0.0663. The zero-order valence-electron chi connectivity index (χ0n) is 14.2. The molecule has 2 fully saturated rings. The minimum atomic E-state index is -2.52. The smallest absolute Gasteiger partial charge is 0.307 e. The highest BCUT2D eigenvalue weighted by Gasteiger charge is 2.42. The van der Waals surface area contributed by atoms with E-state index >= 15 is 0 Å². The molecule has 4 nitrogen and oxygen atoms in total.